The molecule has 0 atom stereocenters. The third-order valence-electron chi connectivity index (χ3n) is 4.76. The number of nitrogens with zero attached hydrogens (tertiary/aromatic N) is 1. The highest BCUT2D eigenvalue weighted by Gasteiger charge is 2.19. The molecule has 3 aromatic carbocycles. The van der Waals surface area contributed by atoms with Crippen molar-refractivity contribution in [1.82, 2.24) is 5.32 Å². The Balaban J connectivity index is 1.69. The SMILES string of the molecule is N#CCCS(=O)(=O)C/C(=C\c1ccc(Br)cc1)C(=O)NCc1ccc(Oc2ccccc2)cc1. The number of sulfone groups is 1. The second-order valence-electron chi connectivity index (χ2n) is 7.46. The van der Waals surface area contributed by atoms with Gasteiger partial charge in [-0.3, -0.25) is 4.79 Å². The summed E-state index contributed by atoms with van der Waals surface area (Å²) in [4.78, 5) is 12.9. The van der Waals surface area contributed by atoms with Crippen LogP contribution >= 0.6 is 15.9 Å². The molecule has 3 rings (SSSR count). The fraction of sp³-hybridized carbons (Fsp3) is 0.154. The van der Waals surface area contributed by atoms with Gasteiger partial charge in [0.15, 0.2) is 9.84 Å². The summed E-state index contributed by atoms with van der Waals surface area (Å²) in [5.74, 6) is 0.176. The number of carbonyl (C=O) groups excluding carboxylic acids is 1. The molecule has 174 valence electrons. The second-order valence-corrected chi connectivity index (χ2v) is 10.6. The lowest BCUT2D eigenvalue weighted by Crippen LogP contribution is -2.28. The van der Waals surface area contributed by atoms with Crippen LogP contribution in [-0.2, 0) is 21.2 Å². The van der Waals surface area contributed by atoms with Crippen LogP contribution in [0.15, 0.2) is 88.9 Å². The van der Waals surface area contributed by atoms with Crippen LogP contribution in [0.25, 0.3) is 6.08 Å². The number of hydrogen-bond donors (Lipinski definition) is 1. The first-order chi connectivity index (χ1) is 16.3. The van der Waals surface area contributed by atoms with Crippen molar-refractivity contribution in [1.29, 1.82) is 5.26 Å². The van der Waals surface area contributed by atoms with E-state index in [0.717, 1.165) is 15.8 Å². The van der Waals surface area contributed by atoms with Crippen LogP contribution in [0.2, 0.25) is 0 Å². The predicted molar refractivity (Wildman–Crippen MR) is 136 cm³/mol. The fourth-order valence-electron chi connectivity index (χ4n) is 3.04. The molecule has 0 aliphatic rings. The normalized spacial score (nSPS) is 11.5. The van der Waals surface area contributed by atoms with Gasteiger partial charge in [0.2, 0.25) is 5.91 Å². The zero-order valence-corrected chi connectivity index (χ0v) is 20.7. The summed E-state index contributed by atoms with van der Waals surface area (Å²) < 4.78 is 31.5. The zero-order chi connectivity index (χ0) is 24.4. The third kappa shape index (κ3) is 8.18. The molecule has 0 unspecified atom stereocenters. The lowest BCUT2D eigenvalue weighted by Gasteiger charge is -2.11. The average Bonchev–Trinajstić information content (AvgIpc) is 2.83. The maximum absolute atomic E-state index is 12.9. The van der Waals surface area contributed by atoms with Crippen LogP contribution in [0.1, 0.15) is 17.5 Å². The van der Waals surface area contributed by atoms with Gasteiger partial charge in [-0.2, -0.15) is 5.26 Å². The Hall–Kier alpha value is -3.41. The number of nitriles is 1. The van der Waals surface area contributed by atoms with Gasteiger partial charge in [0.25, 0.3) is 0 Å². The summed E-state index contributed by atoms with van der Waals surface area (Å²) in [5, 5.41) is 11.5. The average molecular weight is 539 g/mol. The van der Waals surface area contributed by atoms with E-state index in [1.54, 1.807) is 30.3 Å². The van der Waals surface area contributed by atoms with Crippen LogP contribution in [0.3, 0.4) is 0 Å². The van der Waals surface area contributed by atoms with E-state index < -0.39 is 21.5 Å². The lowest BCUT2D eigenvalue weighted by molar-refractivity contribution is -0.117. The van der Waals surface area contributed by atoms with Crippen molar-refractivity contribution in [2.75, 3.05) is 11.5 Å². The highest BCUT2D eigenvalue weighted by atomic mass is 79.9. The number of carbonyl (C=O) groups is 1. The molecule has 3 aromatic rings. The number of hydrogen-bond acceptors (Lipinski definition) is 5. The van der Waals surface area contributed by atoms with Crippen LogP contribution < -0.4 is 10.1 Å². The van der Waals surface area contributed by atoms with Crippen molar-refractivity contribution in [2.24, 2.45) is 0 Å². The van der Waals surface area contributed by atoms with Gasteiger partial charge < -0.3 is 10.1 Å². The summed E-state index contributed by atoms with van der Waals surface area (Å²) in [6.07, 6.45) is 1.44. The fourth-order valence-corrected chi connectivity index (χ4v) is 4.54. The molecule has 8 heteroatoms. The van der Waals surface area contributed by atoms with E-state index in [0.29, 0.717) is 11.3 Å². The first kappa shape index (κ1) is 25.2. The van der Waals surface area contributed by atoms with Gasteiger partial charge in [-0.05, 0) is 53.6 Å². The van der Waals surface area contributed by atoms with Gasteiger partial charge in [0.05, 0.1) is 17.6 Å². The molecule has 0 aliphatic carbocycles. The van der Waals surface area contributed by atoms with Crippen LogP contribution in [0, 0.1) is 11.3 Å². The van der Waals surface area contributed by atoms with Gasteiger partial charge >= 0.3 is 0 Å². The molecule has 0 saturated heterocycles. The van der Waals surface area contributed by atoms with Crippen molar-refractivity contribution in [3.05, 3.63) is 100 Å². The molecule has 6 nitrogen and oxygen atoms in total. The van der Waals surface area contributed by atoms with Gasteiger partial charge in [-0.25, -0.2) is 8.42 Å². The Kier molecular flexibility index (Phi) is 9.02. The van der Waals surface area contributed by atoms with Crippen molar-refractivity contribution in [2.45, 2.75) is 13.0 Å². The molecule has 0 radical (unpaired) electrons. The minimum absolute atomic E-state index is 0.115. The molecular weight excluding hydrogens is 516 g/mol. The Labute approximate surface area is 207 Å². The summed E-state index contributed by atoms with van der Waals surface area (Å²) in [6.45, 7) is 0.223. The van der Waals surface area contributed by atoms with E-state index >= 15 is 0 Å². The quantitative estimate of drug-likeness (QED) is 0.354. The molecule has 0 fully saturated rings. The summed E-state index contributed by atoms with van der Waals surface area (Å²) in [6, 6.07) is 25.7. The molecular formula is C26H23BrN2O4S. The third-order valence-corrected chi connectivity index (χ3v) is 6.86. The smallest absolute Gasteiger partial charge is 0.248 e. The van der Waals surface area contributed by atoms with E-state index in [4.69, 9.17) is 10.00 Å². The number of rotatable bonds is 10. The van der Waals surface area contributed by atoms with Crippen LogP contribution in [0.4, 0.5) is 0 Å². The monoisotopic (exact) mass is 538 g/mol. The van der Waals surface area contributed by atoms with E-state index in [-0.39, 0.29) is 24.3 Å². The van der Waals surface area contributed by atoms with Gasteiger partial charge in [-0.15, -0.1) is 0 Å². The zero-order valence-electron chi connectivity index (χ0n) is 18.3. The van der Waals surface area contributed by atoms with E-state index in [1.165, 1.54) is 0 Å². The first-order valence-corrected chi connectivity index (χ1v) is 13.1. The molecule has 34 heavy (non-hydrogen) atoms. The predicted octanol–water partition coefficient (Wildman–Crippen LogP) is 5.27. The molecule has 0 bridgehead atoms. The maximum Gasteiger partial charge on any atom is 0.248 e. The summed E-state index contributed by atoms with van der Waals surface area (Å²) in [5.41, 5.74) is 1.65. The van der Waals surface area contributed by atoms with Crippen molar-refractivity contribution < 1.29 is 17.9 Å². The largest absolute Gasteiger partial charge is 0.457 e. The second kappa shape index (κ2) is 12.2. The van der Waals surface area contributed by atoms with E-state index in [2.05, 4.69) is 21.2 Å². The molecule has 0 aromatic heterocycles. The first-order valence-electron chi connectivity index (χ1n) is 10.5. The summed E-state index contributed by atoms with van der Waals surface area (Å²) >= 11 is 3.36. The standard InChI is InChI=1S/C26H23BrN2O4S/c27-23-11-7-20(8-12-23)17-22(19-34(31,32)16-4-15-28)26(30)29-18-21-9-13-25(14-10-21)33-24-5-2-1-3-6-24/h1-3,5-14,17H,4,16,18-19H2,(H,29,30)/b22-17+. The molecule has 1 amide bonds. The Bertz CT molecular complexity index is 1280. The number of nitrogens with one attached hydrogen (secondary N) is 1. The lowest BCUT2D eigenvalue weighted by atomic mass is 10.1. The van der Waals surface area contributed by atoms with Gasteiger partial charge in [0, 0.05) is 23.0 Å². The molecule has 0 heterocycles. The highest BCUT2D eigenvalue weighted by molar-refractivity contribution is 9.10. The molecule has 0 spiro atoms. The summed E-state index contributed by atoms with van der Waals surface area (Å²) in [7, 11) is -3.61. The van der Waals surface area contributed by atoms with Crippen molar-refractivity contribution >= 4 is 37.8 Å². The number of benzene rings is 3. The number of ether oxygens (including phenoxy) is 1. The molecule has 1 N–H and O–H groups in total. The Morgan fingerprint density at radius 1 is 0.971 bits per heavy atom. The molecule has 0 aliphatic heterocycles. The van der Waals surface area contributed by atoms with Gasteiger partial charge in [-0.1, -0.05) is 58.4 Å². The topological polar surface area (TPSA) is 96.3 Å². The van der Waals surface area contributed by atoms with E-state index in [9.17, 15) is 13.2 Å². The van der Waals surface area contributed by atoms with Crippen LogP contribution in [-0.4, -0.2) is 25.8 Å². The minimum atomic E-state index is -3.61. The van der Waals surface area contributed by atoms with Crippen LogP contribution in [0.5, 0.6) is 11.5 Å². The van der Waals surface area contributed by atoms with Gasteiger partial charge in [0.1, 0.15) is 11.5 Å². The highest BCUT2D eigenvalue weighted by Crippen LogP contribution is 2.21. The number of halogens is 1. The minimum Gasteiger partial charge on any atom is -0.457 e. The van der Waals surface area contributed by atoms with Crippen molar-refractivity contribution in [3.63, 3.8) is 0 Å². The maximum atomic E-state index is 12.9. The Morgan fingerprint density at radius 3 is 2.26 bits per heavy atom. The Morgan fingerprint density at radius 2 is 1.62 bits per heavy atom. The number of para-hydroxylation sites is 1. The number of amides is 1. The van der Waals surface area contributed by atoms with Crippen molar-refractivity contribution in [3.8, 4) is 17.6 Å². The molecule has 0 saturated carbocycles. The van der Waals surface area contributed by atoms with E-state index in [1.807, 2.05) is 60.7 Å².